The number of pyridine rings is 1. The van der Waals surface area contributed by atoms with Crippen LogP contribution in [0, 0.1) is 0 Å². The minimum atomic E-state index is -4.64. The third-order valence-corrected chi connectivity index (χ3v) is 3.89. The first-order valence-electron chi connectivity index (χ1n) is 5.86. The quantitative estimate of drug-likeness (QED) is 0.831. The van der Waals surface area contributed by atoms with Gasteiger partial charge >= 0.3 is 6.18 Å². The molecule has 0 fully saturated rings. The maximum absolute atomic E-state index is 12.4. The summed E-state index contributed by atoms with van der Waals surface area (Å²) in [6, 6.07) is 2.09. The highest BCUT2D eigenvalue weighted by Crippen LogP contribution is 2.28. The number of halogens is 5. The van der Waals surface area contributed by atoms with E-state index in [0.29, 0.717) is 18.3 Å². The molecule has 2 aromatic heterocycles. The van der Waals surface area contributed by atoms with Gasteiger partial charge in [-0.3, -0.25) is 0 Å². The standard InChI is InChI=1S/C11H8F5N3O3S/c12-10(13)8-3-7(22-19-8)5-18-23(20,21)9-2-1-6(4-17-9)11(14,15)16/h1-4,10,18H,5H2. The zero-order valence-corrected chi connectivity index (χ0v) is 11.8. The molecule has 23 heavy (non-hydrogen) atoms. The number of hydrogen-bond donors (Lipinski definition) is 1. The molecule has 0 atom stereocenters. The highest BCUT2D eigenvalue weighted by atomic mass is 32.2. The molecule has 1 N–H and O–H groups in total. The molecular weight excluding hydrogens is 349 g/mol. The van der Waals surface area contributed by atoms with Crippen LogP contribution in [0.15, 0.2) is 33.9 Å². The van der Waals surface area contributed by atoms with E-state index in [1.807, 2.05) is 4.72 Å². The SMILES string of the molecule is O=S(=O)(NCc1cc(C(F)F)no1)c1ccc(C(F)(F)F)cn1. The zero-order valence-electron chi connectivity index (χ0n) is 11.0. The van der Waals surface area contributed by atoms with Crippen molar-refractivity contribution in [2.24, 2.45) is 0 Å². The van der Waals surface area contributed by atoms with Gasteiger partial charge in [0, 0.05) is 12.3 Å². The minimum absolute atomic E-state index is 0.184. The molecule has 0 unspecified atom stereocenters. The molecule has 0 aliphatic carbocycles. The normalized spacial score (nSPS) is 12.8. The Morgan fingerprint density at radius 2 is 1.96 bits per heavy atom. The molecule has 126 valence electrons. The van der Waals surface area contributed by atoms with E-state index >= 15 is 0 Å². The molecule has 6 nitrogen and oxygen atoms in total. The Morgan fingerprint density at radius 1 is 1.26 bits per heavy atom. The number of sulfonamides is 1. The summed E-state index contributed by atoms with van der Waals surface area (Å²) in [5.74, 6) is -0.184. The summed E-state index contributed by atoms with van der Waals surface area (Å²) in [5.41, 5.74) is -1.76. The van der Waals surface area contributed by atoms with Gasteiger partial charge in [-0.15, -0.1) is 0 Å². The van der Waals surface area contributed by atoms with Gasteiger partial charge in [0.1, 0.15) is 5.69 Å². The lowest BCUT2D eigenvalue weighted by Gasteiger charge is -2.07. The van der Waals surface area contributed by atoms with Gasteiger partial charge in [-0.25, -0.2) is 26.9 Å². The second-order valence-electron chi connectivity index (χ2n) is 4.23. The summed E-state index contributed by atoms with van der Waals surface area (Å²) in [6.07, 6.45) is -7.15. The highest BCUT2D eigenvalue weighted by Gasteiger charge is 2.31. The van der Waals surface area contributed by atoms with E-state index in [0.717, 1.165) is 6.07 Å². The molecule has 0 bridgehead atoms. The molecule has 0 radical (unpaired) electrons. The average Bonchev–Trinajstić information content (AvgIpc) is 2.94. The fourth-order valence-electron chi connectivity index (χ4n) is 1.46. The predicted molar refractivity (Wildman–Crippen MR) is 64.7 cm³/mol. The number of nitrogens with one attached hydrogen (secondary N) is 1. The Kier molecular flexibility index (Phi) is 4.66. The van der Waals surface area contributed by atoms with Gasteiger partial charge in [-0.1, -0.05) is 5.16 Å². The first-order valence-corrected chi connectivity index (χ1v) is 7.34. The second-order valence-corrected chi connectivity index (χ2v) is 5.94. The molecule has 0 aliphatic heterocycles. The smallest absolute Gasteiger partial charge is 0.360 e. The predicted octanol–water partition coefficient (Wildman–Crippen LogP) is 2.50. The van der Waals surface area contributed by atoms with Gasteiger partial charge in [0.15, 0.2) is 10.8 Å². The van der Waals surface area contributed by atoms with Gasteiger partial charge in [0.2, 0.25) is 0 Å². The van der Waals surface area contributed by atoms with E-state index in [1.54, 1.807) is 0 Å². The molecular formula is C11H8F5N3O3S. The minimum Gasteiger partial charge on any atom is -0.360 e. The molecule has 12 heteroatoms. The van der Waals surface area contributed by atoms with Crippen molar-refractivity contribution < 1.29 is 34.9 Å². The van der Waals surface area contributed by atoms with Gasteiger partial charge in [-0.2, -0.15) is 13.2 Å². The van der Waals surface area contributed by atoms with Crippen LogP contribution >= 0.6 is 0 Å². The Hall–Kier alpha value is -2.08. The summed E-state index contributed by atoms with van der Waals surface area (Å²) < 4.78 is 91.8. The molecule has 0 saturated heterocycles. The highest BCUT2D eigenvalue weighted by molar-refractivity contribution is 7.89. The molecule has 2 rings (SSSR count). The van der Waals surface area contributed by atoms with Gasteiger partial charge in [0.25, 0.3) is 16.4 Å². The van der Waals surface area contributed by atoms with Crippen LogP contribution in [-0.2, 0) is 22.7 Å². The lowest BCUT2D eigenvalue weighted by molar-refractivity contribution is -0.137. The average molecular weight is 357 g/mol. The summed E-state index contributed by atoms with van der Waals surface area (Å²) in [6.45, 7) is -0.509. The fourth-order valence-corrected chi connectivity index (χ4v) is 2.38. The van der Waals surface area contributed by atoms with Crippen LogP contribution in [-0.4, -0.2) is 18.6 Å². The molecule has 0 amide bonds. The molecule has 0 spiro atoms. The monoisotopic (exact) mass is 357 g/mol. The summed E-state index contributed by atoms with van der Waals surface area (Å²) >= 11 is 0. The van der Waals surface area contributed by atoms with Crippen molar-refractivity contribution in [1.29, 1.82) is 0 Å². The fraction of sp³-hybridized carbons (Fsp3) is 0.273. The zero-order chi connectivity index (χ0) is 17.3. The van der Waals surface area contributed by atoms with Gasteiger partial charge in [0.05, 0.1) is 12.1 Å². The van der Waals surface area contributed by atoms with Crippen molar-refractivity contribution in [3.8, 4) is 0 Å². The van der Waals surface area contributed by atoms with Crippen LogP contribution in [0.1, 0.15) is 23.4 Å². The van der Waals surface area contributed by atoms with Crippen LogP contribution in [0.3, 0.4) is 0 Å². The second kappa shape index (κ2) is 6.20. The molecule has 2 aromatic rings. The van der Waals surface area contributed by atoms with Gasteiger partial charge < -0.3 is 4.52 Å². The summed E-state index contributed by atoms with van der Waals surface area (Å²) in [7, 11) is -4.24. The van der Waals surface area contributed by atoms with E-state index in [9.17, 15) is 30.4 Å². The topological polar surface area (TPSA) is 85.1 Å². The van der Waals surface area contributed by atoms with Crippen molar-refractivity contribution in [2.45, 2.75) is 24.2 Å². The first kappa shape index (κ1) is 17.3. The van der Waals surface area contributed by atoms with Crippen molar-refractivity contribution in [1.82, 2.24) is 14.9 Å². The number of aromatic nitrogens is 2. The Bertz CT molecular complexity index is 771. The largest absolute Gasteiger partial charge is 0.417 e. The lowest BCUT2D eigenvalue weighted by Crippen LogP contribution is -2.24. The van der Waals surface area contributed by atoms with E-state index in [1.165, 1.54) is 0 Å². The van der Waals surface area contributed by atoms with E-state index in [4.69, 9.17) is 0 Å². The van der Waals surface area contributed by atoms with Crippen LogP contribution in [0.4, 0.5) is 22.0 Å². The number of hydrogen-bond acceptors (Lipinski definition) is 5. The van der Waals surface area contributed by atoms with E-state index in [2.05, 4.69) is 14.7 Å². The number of nitrogens with zero attached hydrogens (tertiary/aromatic N) is 2. The van der Waals surface area contributed by atoms with Crippen molar-refractivity contribution in [3.63, 3.8) is 0 Å². The maximum atomic E-state index is 12.4. The molecule has 2 heterocycles. The third kappa shape index (κ3) is 4.22. The van der Waals surface area contributed by atoms with Crippen LogP contribution in [0.2, 0.25) is 0 Å². The van der Waals surface area contributed by atoms with E-state index < -0.39 is 45.5 Å². The van der Waals surface area contributed by atoms with Crippen molar-refractivity contribution in [3.05, 3.63) is 41.4 Å². The summed E-state index contributed by atoms with van der Waals surface area (Å²) in [4.78, 5) is 3.23. The number of rotatable bonds is 5. The number of alkyl halides is 5. The maximum Gasteiger partial charge on any atom is 0.417 e. The Balaban J connectivity index is 2.09. The van der Waals surface area contributed by atoms with Gasteiger partial charge in [-0.05, 0) is 12.1 Å². The molecule has 0 aliphatic rings. The van der Waals surface area contributed by atoms with E-state index in [-0.39, 0.29) is 5.76 Å². The van der Waals surface area contributed by atoms with Crippen LogP contribution < -0.4 is 4.72 Å². The summed E-state index contributed by atoms with van der Waals surface area (Å²) in [5, 5.41) is 2.37. The van der Waals surface area contributed by atoms with Crippen molar-refractivity contribution >= 4 is 10.0 Å². The Labute approximate surface area is 126 Å². The van der Waals surface area contributed by atoms with Crippen molar-refractivity contribution in [2.75, 3.05) is 0 Å². The third-order valence-electron chi connectivity index (χ3n) is 2.58. The Morgan fingerprint density at radius 3 is 2.43 bits per heavy atom. The van der Waals surface area contributed by atoms with Crippen LogP contribution in [0.5, 0.6) is 0 Å². The van der Waals surface area contributed by atoms with Crippen LogP contribution in [0.25, 0.3) is 0 Å². The lowest BCUT2D eigenvalue weighted by atomic mass is 10.3. The molecule has 0 saturated carbocycles. The molecule has 0 aromatic carbocycles. The first-order chi connectivity index (χ1) is 10.6.